The second-order valence-corrected chi connectivity index (χ2v) is 11.9. The van der Waals surface area contributed by atoms with E-state index < -0.39 is 29.2 Å². The van der Waals surface area contributed by atoms with Crippen molar-refractivity contribution in [3.8, 4) is 0 Å². The zero-order valence-electron chi connectivity index (χ0n) is 19.8. The first-order chi connectivity index (χ1) is 17.1. The largest absolute Gasteiger partial charge is 0.543 e. The van der Waals surface area contributed by atoms with Crippen molar-refractivity contribution >= 4 is 51.9 Å². The molecule has 2 amide bonds. The van der Waals surface area contributed by atoms with Gasteiger partial charge in [0.2, 0.25) is 11.5 Å². The fraction of sp³-hybridized carbons (Fsp3) is 0.619. The molecule has 0 spiro atoms. The highest BCUT2D eigenvalue weighted by molar-refractivity contribution is 8.00. The number of hydrogen-bond acceptors (Lipinski definition) is 12. The lowest BCUT2D eigenvalue weighted by Crippen LogP contribution is -2.74. The number of hydrogen-bond donors (Lipinski definition) is 3. The molecule has 4 saturated heterocycles. The zero-order chi connectivity index (χ0) is 25.8. The van der Waals surface area contributed by atoms with Crippen LogP contribution in [0.4, 0.5) is 5.13 Å². The number of aromatic nitrogens is 2. The maximum atomic E-state index is 13.2. The number of piperidine rings is 3. The van der Waals surface area contributed by atoms with E-state index in [1.807, 2.05) is 6.92 Å². The maximum absolute atomic E-state index is 13.2. The summed E-state index contributed by atoms with van der Waals surface area (Å²) in [6.07, 6.45) is 2.41. The molecule has 5 aliphatic heterocycles. The van der Waals surface area contributed by atoms with Gasteiger partial charge in [-0.1, -0.05) is 5.16 Å². The predicted molar refractivity (Wildman–Crippen MR) is 128 cm³/mol. The monoisotopic (exact) mass is 537 g/mol. The molecule has 6 rings (SSSR count). The van der Waals surface area contributed by atoms with Crippen LogP contribution in [0.15, 0.2) is 16.5 Å². The zero-order valence-corrected chi connectivity index (χ0v) is 21.4. The van der Waals surface area contributed by atoms with Crippen LogP contribution >= 0.6 is 23.3 Å². The fourth-order valence-corrected chi connectivity index (χ4v) is 7.85. The lowest BCUT2D eigenvalue weighted by atomic mass is 9.70. The average Bonchev–Trinajstić information content (AvgIpc) is 3.31. The highest BCUT2D eigenvalue weighted by atomic mass is 32.2. The SMILES string of the molecule is CO/N=C(\C(=O)N[C@@H]1C(=O)N2C(C(=O)[O-])=C([N+]34CCC(CO)(CC3)CC4)C(C)S[C@H]12)c1nsc(N)n1. The normalized spacial score (nSPS) is 33.8. The van der Waals surface area contributed by atoms with Gasteiger partial charge in [-0.25, -0.2) is 0 Å². The molecular weight excluding hydrogens is 510 g/mol. The number of carboxylic acids is 1. The molecule has 1 aromatic heterocycles. The summed E-state index contributed by atoms with van der Waals surface area (Å²) >= 11 is 2.31. The van der Waals surface area contributed by atoms with Gasteiger partial charge in [-0.05, 0) is 6.92 Å². The summed E-state index contributed by atoms with van der Waals surface area (Å²) in [5.74, 6) is -2.71. The Morgan fingerprint density at radius 3 is 2.56 bits per heavy atom. The molecule has 1 aromatic rings. The van der Waals surface area contributed by atoms with Crippen LogP contribution in [0.3, 0.4) is 0 Å². The minimum absolute atomic E-state index is 0.0345. The number of aliphatic carboxylic acids is 1. The molecule has 15 heteroatoms. The number of carbonyl (C=O) groups excluding carboxylic acids is 3. The van der Waals surface area contributed by atoms with Crippen LogP contribution in [0.5, 0.6) is 0 Å². The Labute approximate surface area is 215 Å². The number of β-lactam (4-membered cyclic amide) rings is 1. The summed E-state index contributed by atoms with van der Waals surface area (Å²) < 4.78 is 4.46. The number of quaternary nitrogens is 1. The first-order valence-corrected chi connectivity index (χ1v) is 13.3. The molecular formula is C21H27N7O6S2. The van der Waals surface area contributed by atoms with Gasteiger partial charge in [-0.15, -0.1) is 11.8 Å². The van der Waals surface area contributed by atoms with Crippen LogP contribution in [-0.4, -0.2) is 97.4 Å². The van der Waals surface area contributed by atoms with E-state index in [0.717, 1.165) is 30.8 Å². The third-order valence-corrected chi connectivity index (χ3v) is 9.78. The van der Waals surface area contributed by atoms with E-state index in [-0.39, 0.29) is 39.6 Å². The van der Waals surface area contributed by atoms with Gasteiger partial charge in [0, 0.05) is 42.8 Å². The number of nitrogens with one attached hydrogen (secondary N) is 1. The van der Waals surface area contributed by atoms with E-state index in [0.29, 0.717) is 29.8 Å². The molecule has 0 aromatic carbocycles. The summed E-state index contributed by atoms with van der Waals surface area (Å²) in [6.45, 7) is 4.20. The van der Waals surface area contributed by atoms with Crippen LogP contribution < -0.4 is 16.2 Å². The predicted octanol–water partition coefficient (Wildman–Crippen LogP) is -1.79. The molecule has 6 heterocycles. The van der Waals surface area contributed by atoms with E-state index in [4.69, 9.17) is 10.6 Å². The summed E-state index contributed by atoms with van der Waals surface area (Å²) in [7, 11) is 1.26. The number of nitrogens with zero attached hydrogens (tertiary/aromatic N) is 5. The standard InChI is InChI=1S/C21H27N7O6S2/c1-10-14(28-6-3-21(9-29,4-7-28)5-8-28)13(19(32)33)27-17(31)12(18(27)35-10)23-16(30)11(25-34-2)15-24-20(22)36-26-15/h10,12,18,29H,3-9H2,1-2H3,(H3-,22,23,24,26,30,32,33)/b25-11-/t10?,12-,18-,21?,28?/m1/s1. The van der Waals surface area contributed by atoms with Gasteiger partial charge >= 0.3 is 0 Å². The Balaban J connectivity index is 1.41. The molecule has 194 valence electrons. The minimum Gasteiger partial charge on any atom is -0.543 e. The number of oxime groups is 1. The Morgan fingerprint density at radius 1 is 1.36 bits per heavy atom. The molecule has 0 aliphatic carbocycles. The molecule has 5 aliphatic rings. The number of rotatable bonds is 7. The van der Waals surface area contributed by atoms with E-state index >= 15 is 0 Å². The van der Waals surface area contributed by atoms with Gasteiger partial charge < -0.3 is 30.9 Å². The highest BCUT2D eigenvalue weighted by Gasteiger charge is 2.60. The second kappa shape index (κ2) is 8.97. The third-order valence-electron chi connectivity index (χ3n) is 7.84. The molecule has 0 saturated carbocycles. The fourth-order valence-electron chi connectivity index (χ4n) is 5.86. The van der Waals surface area contributed by atoms with Crippen molar-refractivity contribution in [1.29, 1.82) is 0 Å². The van der Waals surface area contributed by atoms with Crippen LogP contribution in [0.2, 0.25) is 0 Å². The number of aliphatic hydroxyl groups excluding tert-OH is 1. The molecule has 13 nitrogen and oxygen atoms in total. The van der Waals surface area contributed by atoms with Gasteiger partial charge in [0.05, 0.1) is 30.9 Å². The molecule has 3 atom stereocenters. The van der Waals surface area contributed by atoms with Crippen LogP contribution in [0.25, 0.3) is 0 Å². The molecule has 4 fully saturated rings. The molecule has 1 unspecified atom stereocenters. The van der Waals surface area contributed by atoms with E-state index in [9.17, 15) is 24.6 Å². The number of anilines is 1. The molecule has 4 N–H and O–H groups in total. The van der Waals surface area contributed by atoms with Gasteiger partial charge in [-0.3, -0.25) is 19.0 Å². The number of carbonyl (C=O) groups is 3. The first-order valence-electron chi connectivity index (χ1n) is 11.6. The second-order valence-electron chi connectivity index (χ2n) is 9.65. The van der Waals surface area contributed by atoms with Gasteiger partial charge in [0.15, 0.2) is 5.13 Å². The van der Waals surface area contributed by atoms with E-state index in [2.05, 4.69) is 19.8 Å². The Hall–Kier alpha value is -2.75. The van der Waals surface area contributed by atoms with Crippen molar-refractivity contribution in [3.05, 3.63) is 17.2 Å². The number of amides is 2. The Kier molecular flexibility index (Phi) is 6.21. The smallest absolute Gasteiger partial charge is 0.278 e. The van der Waals surface area contributed by atoms with Gasteiger partial charge in [0.1, 0.15) is 29.9 Å². The lowest BCUT2D eigenvalue weighted by Gasteiger charge is -2.59. The quantitative estimate of drug-likeness (QED) is 0.155. The number of carboxylic acid groups (broad SMARTS) is 1. The number of fused-ring (bicyclic) bond motifs is 4. The third kappa shape index (κ3) is 3.76. The van der Waals surface area contributed by atoms with Crippen LogP contribution in [0.1, 0.15) is 32.0 Å². The molecule has 0 radical (unpaired) electrons. The van der Waals surface area contributed by atoms with Crippen LogP contribution in [0, 0.1) is 5.41 Å². The Bertz CT molecular complexity index is 1160. The summed E-state index contributed by atoms with van der Waals surface area (Å²) in [5, 5.41) is 27.9. The lowest BCUT2D eigenvalue weighted by molar-refractivity contribution is -0.912. The van der Waals surface area contributed by atoms with Gasteiger partial charge in [0.25, 0.3) is 11.8 Å². The van der Waals surface area contributed by atoms with Crippen molar-refractivity contribution in [2.75, 3.05) is 39.1 Å². The van der Waals surface area contributed by atoms with Crippen molar-refractivity contribution in [2.45, 2.75) is 42.9 Å². The van der Waals surface area contributed by atoms with E-state index in [1.54, 1.807) is 0 Å². The number of aliphatic hydroxyl groups is 1. The number of nitrogens with two attached hydrogens (primary N) is 1. The van der Waals surface area contributed by atoms with Crippen molar-refractivity contribution in [3.63, 3.8) is 0 Å². The topological polar surface area (TPSA) is 183 Å². The van der Waals surface area contributed by atoms with Crippen molar-refractivity contribution in [1.82, 2.24) is 19.6 Å². The first kappa shape index (κ1) is 24.9. The van der Waals surface area contributed by atoms with E-state index in [1.165, 1.54) is 23.8 Å². The van der Waals surface area contributed by atoms with Crippen molar-refractivity contribution < 1.29 is 33.9 Å². The summed E-state index contributed by atoms with van der Waals surface area (Å²) in [6, 6.07) is -0.969. The Morgan fingerprint density at radius 2 is 2.03 bits per heavy atom. The van der Waals surface area contributed by atoms with Crippen molar-refractivity contribution in [2.24, 2.45) is 10.6 Å². The minimum atomic E-state index is -1.40. The van der Waals surface area contributed by atoms with Crippen LogP contribution in [-0.2, 0) is 19.2 Å². The average molecular weight is 538 g/mol. The summed E-state index contributed by atoms with van der Waals surface area (Å²) in [4.78, 5) is 48.5. The number of thioether (sulfide) groups is 1. The highest BCUT2D eigenvalue weighted by Crippen LogP contribution is 2.52. The molecule has 2 bridgehead atoms. The number of nitrogen functional groups attached to an aromatic ring is 1. The molecule has 36 heavy (non-hydrogen) atoms. The van der Waals surface area contributed by atoms with Gasteiger partial charge in [-0.2, -0.15) is 9.36 Å². The summed E-state index contributed by atoms with van der Waals surface area (Å²) in [5.41, 5.74) is 5.87. The maximum Gasteiger partial charge on any atom is 0.278 e.